The largest absolute Gasteiger partial charge is 0.494 e. The third kappa shape index (κ3) is 8.50. The summed E-state index contributed by atoms with van der Waals surface area (Å²) in [6, 6.07) is 16.6. The molecule has 196 valence electrons. The highest BCUT2D eigenvalue weighted by atomic mass is 35.5. The molecule has 0 bridgehead atoms. The van der Waals surface area contributed by atoms with E-state index < -0.39 is 5.91 Å². The first-order valence-corrected chi connectivity index (χ1v) is 12.9. The molecule has 1 aliphatic rings. The Balaban J connectivity index is 0.000000319. The second-order valence-corrected chi connectivity index (χ2v) is 9.71. The first-order valence-electron chi connectivity index (χ1n) is 12.5. The highest BCUT2D eigenvalue weighted by Crippen LogP contribution is 2.26. The van der Waals surface area contributed by atoms with Crippen LogP contribution in [0, 0.1) is 19.8 Å². The molecule has 1 aliphatic heterocycles. The fraction of sp³-hybridized carbons (Fsp3) is 0.345. The fourth-order valence-corrected chi connectivity index (χ4v) is 4.53. The first-order chi connectivity index (χ1) is 17.7. The summed E-state index contributed by atoms with van der Waals surface area (Å²) in [5.74, 6) is 1.77. The maximum Gasteiger partial charge on any atom is 0.248 e. The number of benzene rings is 2. The van der Waals surface area contributed by atoms with Crippen molar-refractivity contribution in [3.8, 4) is 5.75 Å². The van der Waals surface area contributed by atoms with Crippen molar-refractivity contribution in [1.82, 2.24) is 4.98 Å². The predicted octanol–water partition coefficient (Wildman–Crippen LogP) is 5.31. The number of ether oxygens (including phenoxy) is 1. The highest BCUT2D eigenvalue weighted by molar-refractivity contribution is 6.30. The zero-order valence-corrected chi connectivity index (χ0v) is 22.2. The van der Waals surface area contributed by atoms with Gasteiger partial charge in [-0.15, -0.1) is 0 Å². The van der Waals surface area contributed by atoms with Crippen LogP contribution in [0.2, 0.25) is 5.02 Å². The number of hydrogen-bond donors (Lipinski definition) is 2. The van der Waals surface area contributed by atoms with Crippen molar-refractivity contribution in [1.29, 1.82) is 0 Å². The van der Waals surface area contributed by atoms with Crippen molar-refractivity contribution >= 4 is 29.2 Å². The van der Waals surface area contributed by atoms with Crippen LogP contribution >= 0.6 is 11.6 Å². The van der Waals surface area contributed by atoms with Crippen molar-refractivity contribution < 1.29 is 14.3 Å². The molecule has 37 heavy (non-hydrogen) atoms. The van der Waals surface area contributed by atoms with Crippen molar-refractivity contribution in [2.45, 2.75) is 39.5 Å². The number of hydrogen-bond acceptors (Lipinski definition) is 5. The lowest BCUT2D eigenvalue weighted by Gasteiger charge is -2.32. The Bertz CT molecular complexity index is 1190. The first kappa shape index (κ1) is 28.0. The number of nitrogens with two attached hydrogens (primary N) is 2. The van der Waals surface area contributed by atoms with E-state index in [1.165, 1.54) is 19.3 Å². The van der Waals surface area contributed by atoms with Gasteiger partial charge in [-0.2, -0.15) is 0 Å². The van der Waals surface area contributed by atoms with Crippen LogP contribution in [0.1, 0.15) is 57.5 Å². The van der Waals surface area contributed by atoms with Gasteiger partial charge in [-0.05, 0) is 93.0 Å². The second kappa shape index (κ2) is 13.7. The Kier molecular flexibility index (Phi) is 10.3. The molecule has 4 N–H and O–H groups in total. The van der Waals surface area contributed by atoms with Crippen molar-refractivity contribution in [3.05, 3.63) is 88.1 Å². The molecule has 2 heterocycles. The van der Waals surface area contributed by atoms with Crippen LogP contribution in [0.3, 0.4) is 0 Å². The van der Waals surface area contributed by atoms with E-state index in [1.54, 1.807) is 24.4 Å². The van der Waals surface area contributed by atoms with Gasteiger partial charge in [0.15, 0.2) is 0 Å². The fourth-order valence-electron chi connectivity index (χ4n) is 4.42. The standard InChI is InChI=1S/C21H26ClN3O2.C8H9NO/c1-15-13-18(5-6-19(15)21(23)26)27-12-2-3-16-8-10-25(11-9-16)20-7-4-17(22)14-24-20;1-6-4-2-3-5-7(6)8(9)10/h4-7,13-14,16H,2-3,8-12H2,1H3,(H2,23,26);2-5H,1H3,(H2,9,10). The molecule has 3 aromatic rings. The van der Waals surface area contributed by atoms with Crippen molar-refractivity contribution in [2.75, 3.05) is 24.6 Å². The minimum absolute atomic E-state index is 0.363. The third-order valence-electron chi connectivity index (χ3n) is 6.55. The minimum Gasteiger partial charge on any atom is -0.494 e. The van der Waals surface area contributed by atoms with E-state index in [0.29, 0.717) is 22.8 Å². The lowest BCUT2D eigenvalue weighted by atomic mass is 9.92. The van der Waals surface area contributed by atoms with Gasteiger partial charge < -0.3 is 21.1 Å². The van der Waals surface area contributed by atoms with Crippen molar-refractivity contribution in [3.63, 3.8) is 0 Å². The molecular formula is C29H35ClN4O3. The van der Waals surface area contributed by atoms with E-state index in [1.807, 2.05) is 50.2 Å². The quantitative estimate of drug-likeness (QED) is 0.389. The van der Waals surface area contributed by atoms with E-state index in [9.17, 15) is 9.59 Å². The van der Waals surface area contributed by atoms with Crippen LogP contribution < -0.4 is 21.1 Å². The van der Waals surface area contributed by atoms with Crippen molar-refractivity contribution in [2.24, 2.45) is 17.4 Å². The Morgan fingerprint density at radius 1 is 0.973 bits per heavy atom. The Hall–Kier alpha value is -3.58. The summed E-state index contributed by atoms with van der Waals surface area (Å²) in [6.07, 6.45) is 6.26. The van der Waals surface area contributed by atoms with Gasteiger partial charge in [0.05, 0.1) is 11.6 Å². The normalized spacial score (nSPS) is 13.4. The van der Waals surface area contributed by atoms with Gasteiger partial charge in [-0.3, -0.25) is 9.59 Å². The van der Waals surface area contributed by atoms with E-state index in [4.69, 9.17) is 27.8 Å². The summed E-state index contributed by atoms with van der Waals surface area (Å²) >= 11 is 5.91. The molecule has 0 atom stereocenters. The SMILES string of the molecule is Cc1cc(OCCCC2CCN(c3ccc(Cl)cn3)CC2)ccc1C(N)=O.Cc1ccccc1C(N)=O. The number of primary amides is 2. The average molecular weight is 523 g/mol. The zero-order chi connectivity index (χ0) is 26.8. The predicted molar refractivity (Wildman–Crippen MR) is 148 cm³/mol. The van der Waals surface area contributed by atoms with E-state index in [2.05, 4.69) is 9.88 Å². The summed E-state index contributed by atoms with van der Waals surface area (Å²) in [5.41, 5.74) is 13.3. The molecule has 1 fully saturated rings. The number of nitrogens with zero attached hydrogens (tertiary/aromatic N) is 2. The van der Waals surface area contributed by atoms with Crippen LogP contribution in [0.25, 0.3) is 0 Å². The number of rotatable bonds is 8. The topological polar surface area (TPSA) is 112 Å². The molecule has 0 spiro atoms. The Morgan fingerprint density at radius 3 is 2.22 bits per heavy atom. The maximum atomic E-state index is 11.3. The maximum absolute atomic E-state index is 11.3. The highest BCUT2D eigenvalue weighted by Gasteiger charge is 2.20. The van der Waals surface area contributed by atoms with E-state index in [0.717, 1.165) is 48.1 Å². The zero-order valence-electron chi connectivity index (χ0n) is 21.5. The summed E-state index contributed by atoms with van der Waals surface area (Å²) in [6.45, 7) is 6.49. The molecule has 0 aliphatic carbocycles. The number of carbonyl (C=O) groups is 2. The molecule has 2 amide bonds. The number of anilines is 1. The van der Waals surface area contributed by atoms with Gasteiger partial charge in [-0.25, -0.2) is 4.98 Å². The van der Waals surface area contributed by atoms with Gasteiger partial charge in [0.25, 0.3) is 0 Å². The molecule has 1 saturated heterocycles. The molecule has 0 unspecified atom stereocenters. The number of piperidine rings is 1. The van der Waals surface area contributed by atoms with Crippen LogP contribution in [-0.4, -0.2) is 36.5 Å². The summed E-state index contributed by atoms with van der Waals surface area (Å²) in [7, 11) is 0. The molecule has 4 rings (SSSR count). The third-order valence-corrected chi connectivity index (χ3v) is 6.77. The van der Waals surface area contributed by atoms with E-state index in [-0.39, 0.29) is 5.91 Å². The molecule has 0 saturated carbocycles. The second-order valence-electron chi connectivity index (χ2n) is 9.28. The van der Waals surface area contributed by atoms with Crippen LogP contribution in [0.15, 0.2) is 60.8 Å². The molecular weight excluding hydrogens is 488 g/mol. The summed E-state index contributed by atoms with van der Waals surface area (Å²) in [5, 5.41) is 0.674. The Labute approximate surface area is 223 Å². The number of aryl methyl sites for hydroxylation is 2. The summed E-state index contributed by atoms with van der Waals surface area (Å²) in [4.78, 5) is 28.6. The smallest absolute Gasteiger partial charge is 0.248 e. The van der Waals surface area contributed by atoms with E-state index >= 15 is 0 Å². The lowest BCUT2D eigenvalue weighted by molar-refractivity contribution is 0.0991. The molecule has 1 aromatic heterocycles. The number of pyridine rings is 1. The monoisotopic (exact) mass is 522 g/mol. The minimum atomic E-state index is -0.404. The van der Waals surface area contributed by atoms with Gasteiger partial charge in [0, 0.05) is 30.4 Å². The average Bonchev–Trinajstić information content (AvgIpc) is 2.88. The van der Waals surface area contributed by atoms with Gasteiger partial charge in [0.1, 0.15) is 11.6 Å². The molecule has 7 nitrogen and oxygen atoms in total. The van der Waals surface area contributed by atoms with Gasteiger partial charge >= 0.3 is 0 Å². The van der Waals surface area contributed by atoms with Gasteiger partial charge in [-0.1, -0.05) is 29.8 Å². The summed E-state index contributed by atoms with van der Waals surface area (Å²) < 4.78 is 5.83. The molecule has 0 radical (unpaired) electrons. The lowest BCUT2D eigenvalue weighted by Crippen LogP contribution is -2.34. The number of carbonyl (C=O) groups excluding carboxylic acids is 2. The van der Waals surface area contributed by atoms with Crippen LogP contribution in [0.4, 0.5) is 5.82 Å². The van der Waals surface area contributed by atoms with Crippen LogP contribution in [0.5, 0.6) is 5.75 Å². The molecule has 2 aromatic carbocycles. The number of halogens is 1. The number of aromatic nitrogens is 1. The molecule has 8 heteroatoms. The van der Waals surface area contributed by atoms with Gasteiger partial charge in [0.2, 0.25) is 11.8 Å². The Morgan fingerprint density at radius 2 is 1.65 bits per heavy atom. The number of amides is 2. The van der Waals surface area contributed by atoms with Crippen LogP contribution in [-0.2, 0) is 0 Å².